The minimum atomic E-state index is -0.764. The van der Waals surface area contributed by atoms with Crippen LogP contribution in [0.25, 0.3) is 0 Å². The molecule has 2 bridgehead atoms. The van der Waals surface area contributed by atoms with E-state index in [1.807, 2.05) is 6.07 Å². The first-order valence-corrected chi connectivity index (χ1v) is 6.77. The molecule has 0 spiro atoms. The average molecular weight is 289 g/mol. The number of ketones is 1. The van der Waals surface area contributed by atoms with Crippen molar-refractivity contribution in [2.75, 3.05) is 0 Å². The fourth-order valence-corrected chi connectivity index (χ4v) is 2.82. The number of carbonyl (C=O) groups is 3. The topological polar surface area (TPSA) is 81.7 Å². The van der Waals surface area contributed by atoms with Crippen molar-refractivity contribution >= 4 is 17.7 Å². The Morgan fingerprint density at radius 2 is 2.00 bits per heavy atom. The quantitative estimate of drug-likeness (QED) is 0.817. The predicted molar refractivity (Wildman–Crippen MR) is 71.5 cm³/mol. The van der Waals surface area contributed by atoms with E-state index in [9.17, 15) is 14.4 Å². The molecule has 1 aromatic carbocycles. The summed E-state index contributed by atoms with van der Waals surface area (Å²) in [6.07, 6.45) is -1.71. The molecule has 3 rings (SSSR count). The Morgan fingerprint density at radius 3 is 2.67 bits per heavy atom. The number of hydrogen-bond acceptors (Lipinski definition) is 5. The molecule has 2 fully saturated rings. The second-order valence-electron chi connectivity index (χ2n) is 5.20. The number of amides is 1. The van der Waals surface area contributed by atoms with Gasteiger partial charge in [-0.15, -0.1) is 0 Å². The van der Waals surface area contributed by atoms with Crippen LogP contribution in [-0.2, 0) is 19.1 Å². The van der Waals surface area contributed by atoms with Gasteiger partial charge in [0.05, 0.1) is 12.1 Å². The summed E-state index contributed by atoms with van der Waals surface area (Å²) in [6.45, 7) is 1.27. The van der Waals surface area contributed by atoms with Gasteiger partial charge in [-0.3, -0.25) is 14.4 Å². The standard InChI is InChI=1S/C15H15NO5/c1-8(17)20-14-12(11-7-10(18)13(14)21-11)16-15(19)9-5-3-2-4-6-9/h2-6,11-14H,7H2,1H3,(H,16,19)/t11-,12-,13+,14+/m0/s1. The fourth-order valence-electron chi connectivity index (χ4n) is 2.82. The maximum atomic E-state index is 12.2. The lowest BCUT2D eigenvalue weighted by atomic mass is 9.91. The van der Waals surface area contributed by atoms with Gasteiger partial charge >= 0.3 is 5.97 Å². The van der Waals surface area contributed by atoms with Gasteiger partial charge in [-0.25, -0.2) is 0 Å². The summed E-state index contributed by atoms with van der Waals surface area (Å²) in [6, 6.07) is 8.23. The second-order valence-corrected chi connectivity index (χ2v) is 5.20. The van der Waals surface area contributed by atoms with Crippen molar-refractivity contribution in [1.29, 1.82) is 0 Å². The van der Waals surface area contributed by atoms with Gasteiger partial charge in [-0.1, -0.05) is 18.2 Å². The van der Waals surface area contributed by atoms with Crippen LogP contribution in [0, 0.1) is 0 Å². The molecular weight excluding hydrogens is 274 g/mol. The van der Waals surface area contributed by atoms with Gasteiger partial charge in [0.2, 0.25) is 0 Å². The molecule has 0 aromatic heterocycles. The van der Waals surface area contributed by atoms with E-state index >= 15 is 0 Å². The molecule has 21 heavy (non-hydrogen) atoms. The highest BCUT2D eigenvalue weighted by Gasteiger charge is 2.56. The minimum absolute atomic E-state index is 0.0866. The summed E-state index contributed by atoms with van der Waals surface area (Å²) in [5.74, 6) is -0.860. The van der Waals surface area contributed by atoms with Crippen LogP contribution in [0.4, 0.5) is 0 Å². The number of ether oxygens (including phenoxy) is 2. The maximum Gasteiger partial charge on any atom is 0.303 e. The molecule has 0 saturated carbocycles. The molecule has 4 atom stereocenters. The summed E-state index contributed by atoms with van der Waals surface area (Å²) >= 11 is 0. The lowest BCUT2D eigenvalue weighted by Gasteiger charge is -2.27. The normalized spacial score (nSPS) is 30.2. The van der Waals surface area contributed by atoms with Crippen molar-refractivity contribution in [2.45, 2.75) is 37.7 Å². The first-order chi connectivity index (χ1) is 10.1. The van der Waals surface area contributed by atoms with Crippen LogP contribution in [0.5, 0.6) is 0 Å². The van der Waals surface area contributed by atoms with E-state index in [1.165, 1.54) is 6.92 Å². The van der Waals surface area contributed by atoms with Crippen molar-refractivity contribution in [3.05, 3.63) is 35.9 Å². The molecule has 0 unspecified atom stereocenters. The smallest absolute Gasteiger partial charge is 0.303 e. The van der Waals surface area contributed by atoms with Crippen molar-refractivity contribution in [1.82, 2.24) is 5.32 Å². The van der Waals surface area contributed by atoms with E-state index in [0.29, 0.717) is 5.56 Å². The maximum absolute atomic E-state index is 12.2. The first kappa shape index (κ1) is 13.8. The highest BCUT2D eigenvalue weighted by atomic mass is 16.6. The van der Waals surface area contributed by atoms with Crippen LogP contribution in [0.1, 0.15) is 23.7 Å². The molecule has 6 nitrogen and oxygen atoms in total. The molecule has 2 saturated heterocycles. The number of esters is 1. The molecule has 2 heterocycles. The van der Waals surface area contributed by atoms with Crippen LogP contribution >= 0.6 is 0 Å². The molecule has 2 aliphatic heterocycles. The summed E-state index contributed by atoms with van der Waals surface area (Å²) in [5.41, 5.74) is 0.508. The Labute approximate surface area is 121 Å². The third kappa shape index (κ3) is 2.54. The molecule has 6 heteroatoms. The van der Waals surface area contributed by atoms with E-state index in [0.717, 1.165) is 0 Å². The highest BCUT2D eigenvalue weighted by molar-refractivity contribution is 5.95. The number of rotatable bonds is 3. The predicted octanol–water partition coefficient (Wildman–Crippen LogP) is 0.457. The summed E-state index contributed by atoms with van der Waals surface area (Å²) in [7, 11) is 0. The van der Waals surface area contributed by atoms with Gasteiger partial charge in [0.25, 0.3) is 5.91 Å². The van der Waals surface area contributed by atoms with Crippen molar-refractivity contribution < 1.29 is 23.9 Å². The van der Waals surface area contributed by atoms with E-state index in [2.05, 4.69) is 5.32 Å². The summed E-state index contributed by atoms with van der Waals surface area (Å²) < 4.78 is 10.7. The number of Topliss-reactive ketones (excluding diaryl/α,β-unsaturated/α-hetero) is 1. The zero-order valence-electron chi connectivity index (χ0n) is 11.4. The molecule has 0 aliphatic carbocycles. The molecule has 2 aliphatic rings. The number of benzene rings is 1. The van der Waals surface area contributed by atoms with Gasteiger partial charge in [-0.2, -0.15) is 0 Å². The SMILES string of the molecule is CC(=O)O[C@@H]1[C@@H](NC(=O)c2ccccc2)[C@@H]2CC(=O)[C@H]1O2. The van der Waals surface area contributed by atoms with Crippen molar-refractivity contribution in [2.24, 2.45) is 0 Å². The Bertz CT molecular complexity index is 585. The third-order valence-corrected chi connectivity index (χ3v) is 3.73. The van der Waals surface area contributed by atoms with Crippen LogP contribution < -0.4 is 5.32 Å². The molecule has 110 valence electrons. The monoisotopic (exact) mass is 289 g/mol. The molecular formula is C15H15NO5. The Morgan fingerprint density at radius 1 is 1.29 bits per heavy atom. The number of fused-ring (bicyclic) bond motifs is 2. The summed E-state index contributed by atoms with van der Waals surface area (Å²) in [5, 5.41) is 2.81. The van der Waals surface area contributed by atoms with Crippen molar-refractivity contribution in [3.63, 3.8) is 0 Å². The highest BCUT2D eigenvalue weighted by Crippen LogP contribution is 2.34. The zero-order valence-corrected chi connectivity index (χ0v) is 11.4. The minimum Gasteiger partial charge on any atom is -0.457 e. The van der Waals surface area contributed by atoms with Gasteiger partial charge in [0.15, 0.2) is 18.0 Å². The molecule has 1 aromatic rings. The molecule has 1 amide bonds. The number of hydrogen-bond donors (Lipinski definition) is 1. The van der Waals surface area contributed by atoms with Crippen LogP contribution in [0.2, 0.25) is 0 Å². The van der Waals surface area contributed by atoms with E-state index in [4.69, 9.17) is 9.47 Å². The van der Waals surface area contributed by atoms with E-state index in [-0.39, 0.29) is 18.1 Å². The fraction of sp³-hybridized carbons (Fsp3) is 0.400. The number of carbonyl (C=O) groups excluding carboxylic acids is 3. The molecule has 0 radical (unpaired) electrons. The zero-order chi connectivity index (χ0) is 15.0. The largest absolute Gasteiger partial charge is 0.457 e. The van der Waals surface area contributed by atoms with Crippen LogP contribution in [0.3, 0.4) is 0 Å². The van der Waals surface area contributed by atoms with Crippen LogP contribution in [0.15, 0.2) is 30.3 Å². The average Bonchev–Trinajstić information content (AvgIpc) is 2.98. The Balaban J connectivity index is 1.76. The number of nitrogens with one attached hydrogen (secondary N) is 1. The Kier molecular flexibility index (Phi) is 3.47. The van der Waals surface area contributed by atoms with Gasteiger partial charge in [0.1, 0.15) is 0 Å². The lowest BCUT2D eigenvalue weighted by molar-refractivity contribution is -0.151. The van der Waals surface area contributed by atoms with E-state index < -0.39 is 30.3 Å². The molecule has 1 N–H and O–H groups in total. The van der Waals surface area contributed by atoms with Gasteiger partial charge < -0.3 is 14.8 Å². The second kappa shape index (κ2) is 5.29. The summed E-state index contributed by atoms with van der Waals surface area (Å²) in [4.78, 5) is 35.1. The first-order valence-electron chi connectivity index (χ1n) is 6.77. The van der Waals surface area contributed by atoms with Gasteiger partial charge in [0, 0.05) is 18.9 Å². The van der Waals surface area contributed by atoms with E-state index in [1.54, 1.807) is 24.3 Å². The van der Waals surface area contributed by atoms with Gasteiger partial charge in [-0.05, 0) is 12.1 Å². The Hall–Kier alpha value is -2.21. The van der Waals surface area contributed by atoms with Crippen molar-refractivity contribution in [3.8, 4) is 0 Å². The third-order valence-electron chi connectivity index (χ3n) is 3.73. The lowest BCUT2D eigenvalue weighted by Crippen LogP contribution is -2.53. The van der Waals surface area contributed by atoms with Crippen LogP contribution in [-0.4, -0.2) is 42.0 Å².